The number of nitrogens with one attached hydrogen (secondary N) is 2. The SMILES string of the molecule is CC(CN)(NC(=O)c1cccc(S(=O)(=O)NC2CCCC2)c1)C1CC1.Cl. The van der Waals surface area contributed by atoms with E-state index in [-0.39, 0.29) is 29.3 Å². The van der Waals surface area contributed by atoms with Crippen LogP contribution in [-0.2, 0) is 10.0 Å². The fourth-order valence-electron chi connectivity index (χ4n) is 3.51. The van der Waals surface area contributed by atoms with Crippen LogP contribution in [-0.4, -0.2) is 32.5 Å². The third-order valence-corrected chi connectivity index (χ3v) is 6.90. The van der Waals surface area contributed by atoms with Gasteiger partial charge in [0.25, 0.3) is 5.91 Å². The number of rotatable bonds is 7. The van der Waals surface area contributed by atoms with Gasteiger partial charge >= 0.3 is 0 Å². The molecule has 0 bridgehead atoms. The van der Waals surface area contributed by atoms with Crippen molar-refractivity contribution in [3.63, 3.8) is 0 Å². The van der Waals surface area contributed by atoms with Crippen LogP contribution in [0.3, 0.4) is 0 Å². The highest BCUT2D eigenvalue weighted by atomic mass is 35.5. The van der Waals surface area contributed by atoms with Crippen LogP contribution in [0, 0.1) is 5.92 Å². The lowest BCUT2D eigenvalue weighted by Gasteiger charge is -2.29. The summed E-state index contributed by atoms with van der Waals surface area (Å²) in [6.07, 6.45) is 5.97. The predicted octanol–water partition coefficient (Wildman–Crippen LogP) is 2.19. The molecule has 8 heteroatoms. The summed E-state index contributed by atoms with van der Waals surface area (Å²) in [4.78, 5) is 12.7. The minimum Gasteiger partial charge on any atom is -0.345 e. The molecule has 6 nitrogen and oxygen atoms in total. The van der Waals surface area contributed by atoms with E-state index in [2.05, 4.69) is 10.0 Å². The number of hydrogen-bond acceptors (Lipinski definition) is 4. The Morgan fingerprint density at radius 3 is 2.46 bits per heavy atom. The summed E-state index contributed by atoms with van der Waals surface area (Å²) in [5.74, 6) is 0.121. The number of amides is 1. The first-order valence-electron chi connectivity index (χ1n) is 8.99. The van der Waals surface area contributed by atoms with Crippen molar-refractivity contribution in [1.29, 1.82) is 0 Å². The van der Waals surface area contributed by atoms with E-state index in [0.717, 1.165) is 38.5 Å². The van der Waals surface area contributed by atoms with Crippen molar-refractivity contribution in [2.75, 3.05) is 6.54 Å². The van der Waals surface area contributed by atoms with Gasteiger partial charge in [0.1, 0.15) is 0 Å². The highest BCUT2D eigenvalue weighted by Gasteiger charge is 2.41. The van der Waals surface area contributed by atoms with E-state index in [1.165, 1.54) is 12.1 Å². The molecule has 26 heavy (non-hydrogen) atoms. The van der Waals surface area contributed by atoms with E-state index < -0.39 is 15.6 Å². The smallest absolute Gasteiger partial charge is 0.251 e. The molecule has 2 aliphatic rings. The van der Waals surface area contributed by atoms with E-state index in [0.29, 0.717) is 18.0 Å². The number of benzene rings is 1. The van der Waals surface area contributed by atoms with Gasteiger partial charge in [0.05, 0.1) is 10.4 Å². The second kappa shape index (κ2) is 8.25. The number of carbonyl (C=O) groups excluding carboxylic acids is 1. The summed E-state index contributed by atoms with van der Waals surface area (Å²) >= 11 is 0. The first-order valence-corrected chi connectivity index (χ1v) is 10.5. The molecular formula is C18H28ClN3O3S. The van der Waals surface area contributed by atoms with Crippen LogP contribution < -0.4 is 15.8 Å². The van der Waals surface area contributed by atoms with Gasteiger partial charge in [-0.3, -0.25) is 4.79 Å². The molecule has 1 amide bonds. The van der Waals surface area contributed by atoms with Gasteiger partial charge in [0.2, 0.25) is 10.0 Å². The lowest BCUT2D eigenvalue weighted by molar-refractivity contribution is 0.0897. The second-order valence-electron chi connectivity index (χ2n) is 7.48. The maximum absolute atomic E-state index is 12.6. The summed E-state index contributed by atoms with van der Waals surface area (Å²) in [5.41, 5.74) is 5.75. The van der Waals surface area contributed by atoms with Gasteiger partial charge in [-0.1, -0.05) is 18.9 Å². The lowest BCUT2D eigenvalue weighted by atomic mass is 9.95. The number of halogens is 1. The Bertz CT molecular complexity index is 746. The van der Waals surface area contributed by atoms with Crippen molar-refractivity contribution in [3.8, 4) is 0 Å². The van der Waals surface area contributed by atoms with Gasteiger partial charge in [-0.2, -0.15) is 0 Å². The van der Waals surface area contributed by atoms with Crippen LogP contribution in [0.4, 0.5) is 0 Å². The van der Waals surface area contributed by atoms with Gasteiger partial charge in [-0.05, 0) is 56.7 Å². The highest BCUT2D eigenvalue weighted by Crippen LogP contribution is 2.39. The third-order valence-electron chi connectivity index (χ3n) is 5.39. The standard InChI is InChI=1S/C18H27N3O3S.ClH/c1-18(12-19,14-9-10-14)20-17(22)13-5-4-8-16(11-13)25(23,24)21-15-6-2-3-7-15;/h4-5,8,11,14-15,21H,2-3,6-7,9-10,12,19H2,1H3,(H,20,22);1H. The molecule has 2 saturated carbocycles. The molecule has 0 spiro atoms. The predicted molar refractivity (Wildman–Crippen MR) is 104 cm³/mol. The molecule has 2 aliphatic carbocycles. The number of carbonyl (C=O) groups is 1. The summed E-state index contributed by atoms with van der Waals surface area (Å²) in [6, 6.07) is 6.20. The zero-order valence-corrected chi connectivity index (χ0v) is 16.7. The topological polar surface area (TPSA) is 101 Å². The molecule has 0 aromatic heterocycles. The highest BCUT2D eigenvalue weighted by molar-refractivity contribution is 7.89. The molecule has 1 aromatic rings. The normalized spacial score (nSPS) is 20.2. The first-order chi connectivity index (χ1) is 11.8. The quantitative estimate of drug-likeness (QED) is 0.651. The van der Waals surface area contributed by atoms with Gasteiger partial charge in [-0.25, -0.2) is 13.1 Å². The van der Waals surface area contributed by atoms with Crippen LogP contribution in [0.15, 0.2) is 29.2 Å². The van der Waals surface area contributed by atoms with Gasteiger partial charge < -0.3 is 11.1 Å². The number of hydrogen-bond donors (Lipinski definition) is 3. The van der Waals surface area contributed by atoms with E-state index >= 15 is 0 Å². The molecule has 2 fully saturated rings. The van der Waals surface area contributed by atoms with E-state index in [4.69, 9.17) is 5.73 Å². The van der Waals surface area contributed by atoms with E-state index in [1.807, 2.05) is 6.92 Å². The molecule has 146 valence electrons. The molecular weight excluding hydrogens is 374 g/mol. The average Bonchev–Trinajstić information content (AvgIpc) is 3.34. The van der Waals surface area contributed by atoms with Crippen molar-refractivity contribution >= 4 is 28.3 Å². The minimum atomic E-state index is -3.61. The zero-order valence-electron chi connectivity index (χ0n) is 15.0. The zero-order chi connectivity index (χ0) is 18.1. The first kappa shape index (κ1) is 21.2. The fourth-order valence-corrected chi connectivity index (χ4v) is 4.86. The summed E-state index contributed by atoms with van der Waals surface area (Å²) < 4.78 is 27.9. The summed E-state index contributed by atoms with van der Waals surface area (Å²) in [5, 5.41) is 2.99. The molecule has 0 saturated heterocycles. The van der Waals surface area contributed by atoms with Crippen LogP contribution in [0.2, 0.25) is 0 Å². The van der Waals surface area contributed by atoms with E-state index in [9.17, 15) is 13.2 Å². The maximum atomic E-state index is 12.6. The van der Waals surface area contributed by atoms with Crippen molar-refractivity contribution < 1.29 is 13.2 Å². The van der Waals surface area contributed by atoms with Crippen molar-refractivity contribution in [3.05, 3.63) is 29.8 Å². The molecule has 0 radical (unpaired) electrons. The molecule has 1 unspecified atom stereocenters. The number of nitrogens with two attached hydrogens (primary N) is 1. The molecule has 4 N–H and O–H groups in total. The summed E-state index contributed by atoms with van der Waals surface area (Å²) in [7, 11) is -3.61. The molecule has 0 aliphatic heterocycles. The largest absolute Gasteiger partial charge is 0.345 e. The lowest BCUT2D eigenvalue weighted by Crippen LogP contribution is -2.53. The van der Waals surface area contributed by atoms with Crippen LogP contribution in [0.25, 0.3) is 0 Å². The molecule has 1 aromatic carbocycles. The maximum Gasteiger partial charge on any atom is 0.251 e. The third kappa shape index (κ3) is 4.76. The molecule has 1 atom stereocenters. The molecule has 3 rings (SSSR count). The second-order valence-corrected chi connectivity index (χ2v) is 9.19. The minimum absolute atomic E-state index is 0. The van der Waals surface area contributed by atoms with Crippen molar-refractivity contribution in [2.24, 2.45) is 11.7 Å². The average molecular weight is 402 g/mol. The molecule has 0 heterocycles. The van der Waals surface area contributed by atoms with Crippen molar-refractivity contribution in [1.82, 2.24) is 10.0 Å². The number of sulfonamides is 1. The van der Waals surface area contributed by atoms with E-state index in [1.54, 1.807) is 12.1 Å². The Labute approximate surface area is 161 Å². The monoisotopic (exact) mass is 401 g/mol. The van der Waals surface area contributed by atoms with Crippen LogP contribution >= 0.6 is 12.4 Å². The van der Waals surface area contributed by atoms with Crippen LogP contribution in [0.5, 0.6) is 0 Å². The Morgan fingerprint density at radius 1 is 1.23 bits per heavy atom. The Balaban J connectivity index is 0.00000243. The Kier molecular flexibility index (Phi) is 6.71. The fraction of sp³-hybridized carbons (Fsp3) is 0.611. The van der Waals surface area contributed by atoms with Gasteiger partial charge in [-0.15, -0.1) is 12.4 Å². The van der Waals surface area contributed by atoms with Gasteiger partial charge in [0, 0.05) is 18.2 Å². The Morgan fingerprint density at radius 2 is 1.88 bits per heavy atom. The summed E-state index contributed by atoms with van der Waals surface area (Å²) in [6.45, 7) is 2.31. The van der Waals surface area contributed by atoms with Crippen molar-refractivity contribution in [2.45, 2.75) is 61.9 Å². The van der Waals surface area contributed by atoms with Crippen LogP contribution in [0.1, 0.15) is 55.8 Å². The van der Waals surface area contributed by atoms with Gasteiger partial charge in [0.15, 0.2) is 0 Å². The Hall–Kier alpha value is -1.15.